The second kappa shape index (κ2) is 8.38. The summed E-state index contributed by atoms with van der Waals surface area (Å²) in [6.07, 6.45) is 0. The second-order valence-electron chi connectivity index (χ2n) is 4.42. The van der Waals surface area contributed by atoms with E-state index < -0.39 is 0 Å². The van der Waals surface area contributed by atoms with E-state index >= 15 is 0 Å². The van der Waals surface area contributed by atoms with Crippen LogP contribution >= 0.6 is 11.6 Å². The average Bonchev–Trinajstić information content (AvgIpc) is 2.40. The first kappa shape index (κ1) is 16.2. The Kier molecular flexibility index (Phi) is 7.16. The molecule has 4 nitrogen and oxygen atoms in total. The van der Waals surface area contributed by atoms with Crippen molar-refractivity contribution in [3.05, 3.63) is 28.8 Å². The van der Waals surface area contributed by atoms with Crippen LogP contribution in [0.4, 0.5) is 5.69 Å². The highest BCUT2D eigenvalue weighted by Crippen LogP contribution is 2.26. The molecule has 19 heavy (non-hydrogen) atoms. The third kappa shape index (κ3) is 4.66. The van der Waals surface area contributed by atoms with Crippen LogP contribution in [0.5, 0.6) is 0 Å². The monoisotopic (exact) mass is 287 g/mol. The van der Waals surface area contributed by atoms with E-state index in [1.165, 1.54) is 0 Å². The zero-order valence-corrected chi connectivity index (χ0v) is 12.5. The van der Waals surface area contributed by atoms with E-state index in [4.69, 9.17) is 21.1 Å². The van der Waals surface area contributed by atoms with E-state index in [2.05, 4.69) is 11.8 Å². The molecule has 1 aromatic carbocycles. The summed E-state index contributed by atoms with van der Waals surface area (Å²) in [6, 6.07) is 5.67. The van der Waals surface area contributed by atoms with Crippen LogP contribution in [-0.2, 0) is 16.1 Å². The highest BCUT2D eigenvalue weighted by molar-refractivity contribution is 6.30. The van der Waals surface area contributed by atoms with Gasteiger partial charge in [0.2, 0.25) is 0 Å². The van der Waals surface area contributed by atoms with Crippen molar-refractivity contribution in [1.29, 1.82) is 0 Å². The largest absolute Gasteiger partial charge is 0.392 e. The van der Waals surface area contributed by atoms with Gasteiger partial charge < -0.3 is 19.5 Å². The Morgan fingerprint density at radius 2 is 2.05 bits per heavy atom. The number of aliphatic hydroxyl groups is 1. The maximum absolute atomic E-state index is 9.46. The first-order valence-corrected chi connectivity index (χ1v) is 6.65. The molecule has 108 valence electrons. The zero-order valence-electron chi connectivity index (χ0n) is 11.7. The standard InChI is InChI=1S/C14H22ClNO3/c1-11(10-19-3)16(6-7-18-2)14-8-13(15)5-4-12(14)9-17/h4-5,8,11,17H,6-7,9-10H2,1-3H3. The number of rotatable bonds is 8. The molecule has 0 bridgehead atoms. The lowest BCUT2D eigenvalue weighted by Crippen LogP contribution is -2.39. The molecule has 1 aromatic rings. The number of benzene rings is 1. The molecule has 0 saturated carbocycles. The number of hydrogen-bond acceptors (Lipinski definition) is 4. The Morgan fingerprint density at radius 3 is 2.63 bits per heavy atom. The molecule has 0 aliphatic heterocycles. The van der Waals surface area contributed by atoms with E-state index in [0.717, 1.165) is 11.3 Å². The number of ether oxygens (including phenoxy) is 2. The Labute approximate surface area is 119 Å². The van der Waals surface area contributed by atoms with Crippen LogP contribution in [0.3, 0.4) is 0 Å². The van der Waals surface area contributed by atoms with Gasteiger partial charge in [0, 0.05) is 43.1 Å². The van der Waals surface area contributed by atoms with Crippen molar-refractivity contribution in [2.75, 3.05) is 38.9 Å². The van der Waals surface area contributed by atoms with Crippen molar-refractivity contribution in [3.8, 4) is 0 Å². The molecule has 0 saturated heterocycles. The van der Waals surface area contributed by atoms with E-state index in [1.807, 2.05) is 12.1 Å². The molecule has 1 unspecified atom stereocenters. The number of hydrogen-bond donors (Lipinski definition) is 1. The van der Waals surface area contributed by atoms with Crippen molar-refractivity contribution in [2.45, 2.75) is 19.6 Å². The van der Waals surface area contributed by atoms with Crippen LogP contribution in [0.2, 0.25) is 5.02 Å². The SMILES string of the molecule is COCCN(c1cc(Cl)ccc1CO)C(C)COC. The van der Waals surface area contributed by atoms with Crippen molar-refractivity contribution >= 4 is 17.3 Å². The summed E-state index contributed by atoms with van der Waals surface area (Å²) in [7, 11) is 3.35. The molecule has 1 N–H and O–H groups in total. The molecule has 1 atom stereocenters. The predicted octanol–water partition coefficient (Wildman–Crippen LogP) is 2.32. The average molecular weight is 288 g/mol. The van der Waals surface area contributed by atoms with Crippen LogP contribution in [-0.4, -0.2) is 45.1 Å². The van der Waals surface area contributed by atoms with Crippen molar-refractivity contribution in [1.82, 2.24) is 0 Å². The maximum atomic E-state index is 9.46. The third-order valence-corrected chi connectivity index (χ3v) is 3.24. The fraction of sp³-hybridized carbons (Fsp3) is 0.571. The first-order valence-electron chi connectivity index (χ1n) is 6.27. The summed E-state index contributed by atoms with van der Waals surface area (Å²) in [4.78, 5) is 2.14. The van der Waals surface area contributed by atoms with Crippen molar-refractivity contribution in [3.63, 3.8) is 0 Å². The van der Waals surface area contributed by atoms with Crippen LogP contribution < -0.4 is 4.90 Å². The van der Waals surface area contributed by atoms with Gasteiger partial charge in [-0.1, -0.05) is 17.7 Å². The van der Waals surface area contributed by atoms with Gasteiger partial charge in [-0.15, -0.1) is 0 Å². The van der Waals surface area contributed by atoms with Gasteiger partial charge in [-0.05, 0) is 19.1 Å². The van der Waals surface area contributed by atoms with Crippen LogP contribution in [0.25, 0.3) is 0 Å². The Balaban J connectivity index is 3.04. The number of methoxy groups -OCH3 is 2. The summed E-state index contributed by atoms with van der Waals surface area (Å²) >= 11 is 6.06. The second-order valence-corrected chi connectivity index (χ2v) is 4.86. The molecule has 5 heteroatoms. The van der Waals surface area contributed by atoms with Crippen LogP contribution in [0.1, 0.15) is 12.5 Å². The van der Waals surface area contributed by atoms with Gasteiger partial charge in [0.25, 0.3) is 0 Å². The van der Waals surface area contributed by atoms with E-state index in [0.29, 0.717) is 24.8 Å². The highest BCUT2D eigenvalue weighted by Gasteiger charge is 2.17. The zero-order chi connectivity index (χ0) is 14.3. The lowest BCUT2D eigenvalue weighted by atomic mass is 10.1. The highest BCUT2D eigenvalue weighted by atomic mass is 35.5. The Hall–Kier alpha value is -0.810. The van der Waals surface area contributed by atoms with Gasteiger partial charge in [-0.2, -0.15) is 0 Å². The van der Waals surface area contributed by atoms with Gasteiger partial charge in [-0.3, -0.25) is 0 Å². The number of aliphatic hydroxyl groups excluding tert-OH is 1. The van der Waals surface area contributed by atoms with E-state index in [9.17, 15) is 5.11 Å². The lowest BCUT2D eigenvalue weighted by molar-refractivity contribution is 0.170. The fourth-order valence-electron chi connectivity index (χ4n) is 2.04. The molecule has 0 aromatic heterocycles. The number of nitrogens with zero attached hydrogens (tertiary/aromatic N) is 1. The molecule has 0 aliphatic carbocycles. The maximum Gasteiger partial charge on any atom is 0.0702 e. The third-order valence-electron chi connectivity index (χ3n) is 3.00. The fourth-order valence-corrected chi connectivity index (χ4v) is 2.20. The molecule has 0 aliphatic rings. The molecule has 0 heterocycles. The number of halogens is 1. The summed E-state index contributed by atoms with van der Waals surface area (Å²) in [6.45, 7) is 3.97. The van der Waals surface area contributed by atoms with Gasteiger partial charge in [-0.25, -0.2) is 0 Å². The van der Waals surface area contributed by atoms with E-state index in [-0.39, 0.29) is 12.6 Å². The van der Waals surface area contributed by atoms with Crippen molar-refractivity contribution < 1.29 is 14.6 Å². The molecular formula is C14H22ClNO3. The normalized spacial score (nSPS) is 12.5. The van der Waals surface area contributed by atoms with Gasteiger partial charge >= 0.3 is 0 Å². The summed E-state index contributed by atoms with van der Waals surface area (Å²) in [5.74, 6) is 0. The lowest BCUT2D eigenvalue weighted by Gasteiger charge is -2.32. The van der Waals surface area contributed by atoms with Gasteiger partial charge in [0.15, 0.2) is 0 Å². The van der Waals surface area contributed by atoms with Gasteiger partial charge in [0.1, 0.15) is 0 Å². The van der Waals surface area contributed by atoms with E-state index in [1.54, 1.807) is 20.3 Å². The first-order chi connectivity index (χ1) is 9.13. The van der Waals surface area contributed by atoms with Crippen LogP contribution in [0.15, 0.2) is 18.2 Å². The smallest absolute Gasteiger partial charge is 0.0702 e. The molecule has 0 radical (unpaired) electrons. The van der Waals surface area contributed by atoms with Gasteiger partial charge in [0.05, 0.1) is 19.8 Å². The topological polar surface area (TPSA) is 41.9 Å². The minimum absolute atomic E-state index is 0.0182. The Morgan fingerprint density at radius 1 is 1.32 bits per heavy atom. The molecule has 0 spiro atoms. The summed E-state index contributed by atoms with van der Waals surface area (Å²) in [5.41, 5.74) is 1.78. The summed E-state index contributed by atoms with van der Waals surface area (Å²) in [5, 5.41) is 10.1. The minimum Gasteiger partial charge on any atom is -0.392 e. The molecule has 1 rings (SSSR count). The molecule has 0 fully saturated rings. The molecule has 0 amide bonds. The number of anilines is 1. The van der Waals surface area contributed by atoms with Crippen LogP contribution in [0, 0.1) is 0 Å². The Bertz CT molecular complexity index is 387. The molecular weight excluding hydrogens is 266 g/mol. The van der Waals surface area contributed by atoms with Crippen molar-refractivity contribution in [2.24, 2.45) is 0 Å². The minimum atomic E-state index is -0.0182. The summed E-state index contributed by atoms with van der Waals surface area (Å²) < 4.78 is 10.4. The quantitative estimate of drug-likeness (QED) is 0.797. The predicted molar refractivity (Wildman–Crippen MR) is 77.9 cm³/mol.